The van der Waals surface area contributed by atoms with E-state index in [0.29, 0.717) is 31.5 Å². The third-order valence-corrected chi connectivity index (χ3v) is 4.41. The van der Waals surface area contributed by atoms with Crippen LogP contribution < -0.4 is 5.09 Å². The van der Waals surface area contributed by atoms with Gasteiger partial charge in [-0.05, 0) is 6.42 Å². The van der Waals surface area contributed by atoms with Crippen molar-refractivity contribution in [3.05, 3.63) is 0 Å². The van der Waals surface area contributed by atoms with Gasteiger partial charge in [-0.2, -0.15) is 0 Å². The molecule has 1 atom stereocenters. The van der Waals surface area contributed by atoms with Crippen LogP contribution in [0, 0.1) is 0 Å². The van der Waals surface area contributed by atoms with E-state index in [1.165, 1.54) is 0 Å². The van der Waals surface area contributed by atoms with Gasteiger partial charge in [0.15, 0.2) is 0 Å². The summed E-state index contributed by atoms with van der Waals surface area (Å²) in [4.78, 5) is 0. The highest BCUT2D eigenvalue weighted by molar-refractivity contribution is 7.54. The van der Waals surface area contributed by atoms with Gasteiger partial charge < -0.3 is 4.52 Å². The molecule has 83 valence electrons. The van der Waals surface area contributed by atoms with Crippen LogP contribution >= 0.6 is 30.9 Å². The van der Waals surface area contributed by atoms with E-state index in [1.54, 1.807) is 4.67 Å². The molecule has 0 aromatic carbocycles. The Labute approximate surface area is 94.4 Å². The number of halogens is 2. The second-order valence-corrected chi connectivity index (χ2v) is 5.72. The predicted molar refractivity (Wildman–Crippen MR) is 58.2 cm³/mol. The van der Waals surface area contributed by atoms with Crippen LogP contribution in [0.3, 0.4) is 0 Å². The Balaban J connectivity index is 2.55. The third kappa shape index (κ3) is 3.37. The van der Waals surface area contributed by atoms with E-state index in [-0.39, 0.29) is 0 Å². The maximum atomic E-state index is 12.1. The van der Waals surface area contributed by atoms with E-state index in [1.807, 2.05) is 0 Å². The van der Waals surface area contributed by atoms with E-state index in [9.17, 15) is 4.57 Å². The summed E-state index contributed by atoms with van der Waals surface area (Å²) in [5.41, 5.74) is 0. The molecule has 1 saturated heterocycles. The summed E-state index contributed by atoms with van der Waals surface area (Å²) in [7, 11) is -2.97. The zero-order valence-corrected chi connectivity index (χ0v) is 10.3. The molecule has 0 aliphatic carbocycles. The van der Waals surface area contributed by atoms with Crippen LogP contribution in [0.2, 0.25) is 0 Å². The van der Waals surface area contributed by atoms with Gasteiger partial charge in [-0.3, -0.25) is 4.57 Å². The Morgan fingerprint density at radius 2 is 2.21 bits per heavy atom. The number of rotatable bonds is 5. The van der Waals surface area contributed by atoms with Gasteiger partial charge in [0, 0.05) is 31.4 Å². The molecule has 0 spiro atoms. The molecule has 4 nitrogen and oxygen atoms in total. The Morgan fingerprint density at radius 1 is 1.43 bits per heavy atom. The zero-order valence-electron chi connectivity index (χ0n) is 7.86. The number of hydrogen-bond acceptors (Lipinski definition) is 2. The lowest BCUT2D eigenvalue weighted by Gasteiger charge is -2.33. The fourth-order valence-electron chi connectivity index (χ4n) is 1.27. The summed E-state index contributed by atoms with van der Waals surface area (Å²) in [6, 6.07) is 0. The second kappa shape index (κ2) is 6.31. The van der Waals surface area contributed by atoms with E-state index in [0.717, 1.165) is 13.0 Å². The fraction of sp³-hybridized carbons (Fsp3) is 1.00. The Hall–Kier alpha value is 0.690. The van der Waals surface area contributed by atoms with Gasteiger partial charge in [0.2, 0.25) is 0 Å². The fourth-order valence-corrected chi connectivity index (χ4v) is 3.68. The van der Waals surface area contributed by atoms with Gasteiger partial charge in [0.05, 0.1) is 6.61 Å². The number of alkyl halides is 2. The lowest BCUT2D eigenvalue weighted by Crippen LogP contribution is -2.34. The van der Waals surface area contributed by atoms with Crippen molar-refractivity contribution in [2.75, 3.05) is 38.0 Å². The minimum Gasteiger partial charge on any atom is -0.305 e. The quantitative estimate of drug-likeness (QED) is 0.560. The molecule has 1 aliphatic heterocycles. The number of nitrogens with zero attached hydrogens (tertiary/aromatic N) is 2. The summed E-state index contributed by atoms with van der Waals surface area (Å²) >= 11 is 11.1. The van der Waals surface area contributed by atoms with Gasteiger partial charge in [-0.25, -0.2) is 4.67 Å². The van der Waals surface area contributed by atoms with Crippen LogP contribution in [-0.2, 0) is 9.09 Å². The van der Waals surface area contributed by atoms with Crippen LogP contribution in [0.25, 0.3) is 0 Å². The maximum absolute atomic E-state index is 12.1. The Bertz CT molecular complexity index is 216. The molecule has 1 fully saturated rings. The van der Waals surface area contributed by atoms with Crippen LogP contribution in [-0.4, -0.2) is 42.7 Å². The van der Waals surface area contributed by atoms with Gasteiger partial charge in [0.1, 0.15) is 0 Å². The third-order valence-electron chi connectivity index (χ3n) is 1.88. The summed E-state index contributed by atoms with van der Waals surface area (Å²) in [6.07, 6.45) is 0.872. The monoisotopic (exact) mass is 259 g/mol. The molecule has 0 saturated carbocycles. The highest BCUT2D eigenvalue weighted by Crippen LogP contribution is 2.50. The molecule has 1 aliphatic rings. The minimum absolute atomic E-state index is 0.359. The van der Waals surface area contributed by atoms with E-state index in [4.69, 9.17) is 27.7 Å². The normalized spacial score (nSPS) is 29.3. The molecule has 0 amide bonds. The Morgan fingerprint density at radius 3 is 2.86 bits per heavy atom. The molecular formula is C7H14Cl2N2O2P. The molecule has 0 N–H and O–H groups in total. The smallest absolute Gasteiger partial charge is 0.305 e. The predicted octanol–water partition coefficient (Wildman–Crippen LogP) is 1.90. The van der Waals surface area contributed by atoms with Crippen molar-refractivity contribution in [1.82, 2.24) is 9.76 Å². The van der Waals surface area contributed by atoms with Gasteiger partial charge in [-0.15, -0.1) is 28.3 Å². The lowest BCUT2D eigenvalue weighted by atomic mass is 10.4. The van der Waals surface area contributed by atoms with Gasteiger partial charge >= 0.3 is 7.67 Å². The van der Waals surface area contributed by atoms with Crippen LogP contribution in [0.4, 0.5) is 0 Å². The van der Waals surface area contributed by atoms with Crippen LogP contribution in [0.1, 0.15) is 6.42 Å². The zero-order chi connectivity index (χ0) is 10.4. The van der Waals surface area contributed by atoms with Crippen molar-refractivity contribution in [3.8, 4) is 0 Å². The minimum atomic E-state index is -2.97. The molecule has 1 radical (unpaired) electrons. The first-order valence-corrected chi connectivity index (χ1v) is 7.14. The molecule has 1 rings (SSSR count). The largest absolute Gasteiger partial charge is 0.360 e. The van der Waals surface area contributed by atoms with Crippen molar-refractivity contribution < 1.29 is 9.09 Å². The summed E-state index contributed by atoms with van der Waals surface area (Å²) < 4.78 is 19.1. The molecule has 1 unspecified atom stereocenters. The molecule has 0 bridgehead atoms. The summed E-state index contributed by atoms with van der Waals surface area (Å²) in [5.74, 6) is 0.797. The SMILES string of the molecule is O=P1([N]CCCl)OCCCN1CCCl. The maximum Gasteiger partial charge on any atom is 0.360 e. The average Bonchev–Trinajstić information content (AvgIpc) is 2.19. The average molecular weight is 260 g/mol. The van der Waals surface area contributed by atoms with E-state index < -0.39 is 7.67 Å². The first-order chi connectivity index (χ1) is 6.73. The van der Waals surface area contributed by atoms with Crippen molar-refractivity contribution in [1.29, 1.82) is 0 Å². The van der Waals surface area contributed by atoms with Gasteiger partial charge in [0.25, 0.3) is 0 Å². The lowest BCUT2D eigenvalue weighted by molar-refractivity contribution is 0.203. The van der Waals surface area contributed by atoms with Crippen LogP contribution in [0.5, 0.6) is 0 Å². The Kier molecular flexibility index (Phi) is 5.75. The van der Waals surface area contributed by atoms with Gasteiger partial charge in [-0.1, -0.05) is 0 Å². The highest BCUT2D eigenvalue weighted by Gasteiger charge is 2.35. The first kappa shape index (κ1) is 12.8. The molecule has 0 aromatic rings. The summed E-state index contributed by atoms with van der Waals surface area (Å²) in [5, 5.41) is 4.00. The molecular weight excluding hydrogens is 246 g/mol. The molecule has 0 aromatic heterocycles. The van der Waals surface area contributed by atoms with Crippen molar-refractivity contribution >= 4 is 30.9 Å². The van der Waals surface area contributed by atoms with E-state index in [2.05, 4.69) is 5.09 Å². The van der Waals surface area contributed by atoms with E-state index >= 15 is 0 Å². The molecule has 7 heteroatoms. The standard InChI is InChI=1S/C7H14Cl2N2O2P/c8-2-4-10-14(12)11(6-3-9)5-1-7-13-14/h1-7H2. The first-order valence-electron chi connectivity index (χ1n) is 4.54. The molecule has 1 heterocycles. The van der Waals surface area contributed by atoms with Crippen LogP contribution in [0.15, 0.2) is 0 Å². The topological polar surface area (TPSA) is 43.6 Å². The number of hydrogen-bond donors (Lipinski definition) is 0. The van der Waals surface area contributed by atoms with Crippen molar-refractivity contribution in [3.63, 3.8) is 0 Å². The second-order valence-electron chi connectivity index (χ2n) is 2.87. The van der Waals surface area contributed by atoms with Crippen molar-refractivity contribution in [2.45, 2.75) is 6.42 Å². The highest BCUT2D eigenvalue weighted by atomic mass is 35.5. The summed E-state index contributed by atoms with van der Waals surface area (Å²) in [6.45, 7) is 2.14. The molecule has 14 heavy (non-hydrogen) atoms. The van der Waals surface area contributed by atoms with Crippen molar-refractivity contribution in [2.24, 2.45) is 0 Å².